The van der Waals surface area contributed by atoms with Crippen LogP contribution in [0.25, 0.3) is 0 Å². The molecule has 4 nitrogen and oxygen atoms in total. The van der Waals surface area contributed by atoms with Gasteiger partial charge in [-0.15, -0.1) is 0 Å². The molecule has 1 heterocycles. The van der Waals surface area contributed by atoms with Crippen LogP contribution in [0.2, 0.25) is 0 Å². The number of nitrogens with two attached hydrogens (primary N) is 1. The summed E-state index contributed by atoms with van der Waals surface area (Å²) in [5, 5.41) is 2.94. The standard InChI is InChI=1S/C20H33N3O/c1-15-7-5-6-12-23(15)14-17-10-8-16(9-11-17)13-22-19(24)18(21)20(2,3)4/h8-11,15,18H,5-7,12-14,21H2,1-4H3,(H,22,24)/t15?,18-/m1/s1. The summed E-state index contributed by atoms with van der Waals surface area (Å²) in [5.74, 6) is -0.0891. The van der Waals surface area contributed by atoms with Gasteiger partial charge in [0.15, 0.2) is 0 Å². The number of rotatable bonds is 5. The van der Waals surface area contributed by atoms with Crippen molar-refractivity contribution in [3.05, 3.63) is 35.4 Å². The second kappa shape index (κ2) is 8.13. The molecule has 24 heavy (non-hydrogen) atoms. The molecule has 0 aromatic heterocycles. The molecule has 1 aliphatic rings. The van der Waals surface area contributed by atoms with Crippen LogP contribution in [0.1, 0.15) is 58.1 Å². The Morgan fingerprint density at radius 1 is 1.25 bits per heavy atom. The van der Waals surface area contributed by atoms with Crippen molar-refractivity contribution in [3.8, 4) is 0 Å². The lowest BCUT2D eigenvalue weighted by Crippen LogP contribution is -2.48. The molecular weight excluding hydrogens is 298 g/mol. The van der Waals surface area contributed by atoms with E-state index in [1.807, 2.05) is 20.8 Å². The Labute approximate surface area is 146 Å². The van der Waals surface area contributed by atoms with Crippen molar-refractivity contribution in [2.75, 3.05) is 6.54 Å². The summed E-state index contributed by atoms with van der Waals surface area (Å²) in [6.45, 7) is 11.0. The predicted molar refractivity (Wildman–Crippen MR) is 99.4 cm³/mol. The third-order valence-electron chi connectivity index (χ3n) is 5.03. The molecule has 4 heteroatoms. The minimum absolute atomic E-state index is 0.0891. The van der Waals surface area contributed by atoms with Crippen molar-refractivity contribution in [2.24, 2.45) is 11.1 Å². The number of hydrogen-bond acceptors (Lipinski definition) is 3. The van der Waals surface area contributed by atoms with Crippen molar-refractivity contribution in [1.29, 1.82) is 0 Å². The Morgan fingerprint density at radius 2 is 1.88 bits per heavy atom. The number of piperidine rings is 1. The Morgan fingerprint density at radius 3 is 2.46 bits per heavy atom. The first-order valence-corrected chi connectivity index (χ1v) is 9.12. The van der Waals surface area contributed by atoms with Gasteiger partial charge in [0.05, 0.1) is 6.04 Å². The molecule has 1 fully saturated rings. The van der Waals surface area contributed by atoms with E-state index in [-0.39, 0.29) is 11.3 Å². The SMILES string of the molecule is CC1CCCCN1Cc1ccc(CNC(=O)[C@@H](N)C(C)(C)C)cc1. The van der Waals surface area contributed by atoms with Crippen molar-refractivity contribution in [3.63, 3.8) is 0 Å². The van der Waals surface area contributed by atoms with Crippen LogP contribution in [0.4, 0.5) is 0 Å². The van der Waals surface area contributed by atoms with E-state index in [0.29, 0.717) is 12.6 Å². The van der Waals surface area contributed by atoms with Gasteiger partial charge in [0, 0.05) is 19.1 Å². The fourth-order valence-electron chi connectivity index (χ4n) is 3.08. The summed E-state index contributed by atoms with van der Waals surface area (Å²) >= 11 is 0. The van der Waals surface area contributed by atoms with Crippen LogP contribution in [-0.4, -0.2) is 29.4 Å². The zero-order chi connectivity index (χ0) is 17.7. The van der Waals surface area contributed by atoms with Crippen LogP contribution >= 0.6 is 0 Å². The number of hydrogen-bond donors (Lipinski definition) is 2. The molecule has 0 aliphatic carbocycles. The maximum atomic E-state index is 12.1. The minimum atomic E-state index is -0.489. The van der Waals surface area contributed by atoms with Crippen LogP contribution in [0.3, 0.4) is 0 Å². The summed E-state index contributed by atoms with van der Waals surface area (Å²) in [6.07, 6.45) is 3.97. The van der Waals surface area contributed by atoms with Gasteiger partial charge in [0.25, 0.3) is 0 Å². The highest BCUT2D eigenvalue weighted by Gasteiger charge is 2.27. The summed E-state index contributed by atoms with van der Waals surface area (Å²) < 4.78 is 0. The smallest absolute Gasteiger partial charge is 0.237 e. The highest BCUT2D eigenvalue weighted by atomic mass is 16.2. The lowest BCUT2D eigenvalue weighted by Gasteiger charge is -2.33. The number of carbonyl (C=O) groups excluding carboxylic acids is 1. The highest BCUT2D eigenvalue weighted by Crippen LogP contribution is 2.20. The largest absolute Gasteiger partial charge is 0.351 e. The Balaban J connectivity index is 1.85. The first-order chi connectivity index (χ1) is 11.3. The molecule has 1 amide bonds. The van der Waals surface area contributed by atoms with Crippen molar-refractivity contribution < 1.29 is 4.79 Å². The maximum Gasteiger partial charge on any atom is 0.237 e. The molecule has 0 spiro atoms. The fraction of sp³-hybridized carbons (Fsp3) is 0.650. The molecule has 0 radical (unpaired) electrons. The summed E-state index contributed by atoms with van der Waals surface area (Å²) in [5.41, 5.74) is 8.21. The van der Waals surface area contributed by atoms with Crippen molar-refractivity contribution >= 4 is 5.91 Å². The van der Waals surface area contributed by atoms with Gasteiger partial charge in [0.1, 0.15) is 0 Å². The summed E-state index contributed by atoms with van der Waals surface area (Å²) in [7, 11) is 0. The molecular formula is C20H33N3O. The van der Waals surface area contributed by atoms with Crippen LogP contribution in [0.15, 0.2) is 24.3 Å². The lowest BCUT2D eigenvalue weighted by molar-refractivity contribution is -0.124. The van der Waals surface area contributed by atoms with Crippen molar-refractivity contribution in [1.82, 2.24) is 10.2 Å². The molecule has 2 atom stereocenters. The minimum Gasteiger partial charge on any atom is -0.351 e. The average molecular weight is 332 g/mol. The third-order valence-corrected chi connectivity index (χ3v) is 5.03. The van der Waals surface area contributed by atoms with Crippen LogP contribution in [-0.2, 0) is 17.9 Å². The van der Waals surface area contributed by atoms with E-state index in [4.69, 9.17) is 5.73 Å². The van der Waals surface area contributed by atoms with Gasteiger partial charge >= 0.3 is 0 Å². The summed E-state index contributed by atoms with van der Waals surface area (Å²) in [4.78, 5) is 14.6. The average Bonchev–Trinajstić information content (AvgIpc) is 2.54. The second-order valence-electron chi connectivity index (χ2n) is 8.19. The number of nitrogens with zero attached hydrogens (tertiary/aromatic N) is 1. The molecule has 1 saturated heterocycles. The third kappa shape index (κ3) is 5.32. The monoisotopic (exact) mass is 331 g/mol. The van der Waals surface area contributed by atoms with E-state index in [9.17, 15) is 4.79 Å². The molecule has 2 rings (SSSR count). The zero-order valence-corrected chi connectivity index (χ0v) is 15.6. The molecule has 3 N–H and O–H groups in total. The number of carbonyl (C=O) groups is 1. The van der Waals surface area contributed by atoms with Gasteiger partial charge in [-0.25, -0.2) is 0 Å². The quantitative estimate of drug-likeness (QED) is 0.872. The van der Waals surface area contributed by atoms with Gasteiger partial charge < -0.3 is 11.1 Å². The molecule has 0 saturated carbocycles. The second-order valence-corrected chi connectivity index (χ2v) is 8.19. The number of nitrogens with one attached hydrogen (secondary N) is 1. The molecule has 0 bridgehead atoms. The maximum absolute atomic E-state index is 12.1. The van der Waals surface area contributed by atoms with E-state index in [0.717, 1.165) is 12.1 Å². The topological polar surface area (TPSA) is 58.4 Å². The molecule has 1 aliphatic heterocycles. The van der Waals surface area contributed by atoms with Crippen LogP contribution < -0.4 is 11.1 Å². The Hall–Kier alpha value is -1.39. The molecule has 1 unspecified atom stereocenters. The van der Waals surface area contributed by atoms with Gasteiger partial charge in [-0.05, 0) is 42.9 Å². The number of likely N-dealkylation sites (tertiary alicyclic amines) is 1. The number of amides is 1. The molecule has 1 aromatic rings. The van der Waals surface area contributed by atoms with E-state index in [1.165, 1.54) is 31.4 Å². The first-order valence-electron chi connectivity index (χ1n) is 9.12. The van der Waals surface area contributed by atoms with E-state index in [2.05, 4.69) is 41.4 Å². The van der Waals surface area contributed by atoms with Gasteiger partial charge in [-0.1, -0.05) is 51.5 Å². The fourth-order valence-corrected chi connectivity index (χ4v) is 3.08. The van der Waals surface area contributed by atoms with Gasteiger partial charge in [0.2, 0.25) is 5.91 Å². The Bertz CT molecular complexity index is 533. The van der Waals surface area contributed by atoms with Gasteiger partial charge in [-0.2, -0.15) is 0 Å². The Kier molecular flexibility index (Phi) is 6.41. The molecule has 134 valence electrons. The van der Waals surface area contributed by atoms with Gasteiger partial charge in [-0.3, -0.25) is 9.69 Å². The predicted octanol–water partition coefficient (Wildman–Crippen LogP) is 3.05. The lowest BCUT2D eigenvalue weighted by atomic mass is 9.87. The molecule has 1 aromatic carbocycles. The highest BCUT2D eigenvalue weighted by molar-refractivity contribution is 5.82. The number of benzene rings is 1. The van der Waals surface area contributed by atoms with E-state index in [1.54, 1.807) is 0 Å². The van der Waals surface area contributed by atoms with E-state index < -0.39 is 6.04 Å². The van der Waals surface area contributed by atoms with Crippen molar-refractivity contribution in [2.45, 2.75) is 72.1 Å². The zero-order valence-electron chi connectivity index (χ0n) is 15.6. The summed E-state index contributed by atoms with van der Waals surface area (Å²) in [6, 6.07) is 8.74. The van der Waals surface area contributed by atoms with Crippen LogP contribution in [0, 0.1) is 5.41 Å². The first kappa shape index (κ1) is 18.9. The van der Waals surface area contributed by atoms with E-state index >= 15 is 0 Å². The normalized spacial score (nSPS) is 20.6. The van der Waals surface area contributed by atoms with Crippen LogP contribution in [0.5, 0.6) is 0 Å².